The molecule has 3 N–H and O–H groups in total. The van der Waals surface area contributed by atoms with Gasteiger partial charge in [-0.25, -0.2) is 8.42 Å². The first-order valence-electron chi connectivity index (χ1n) is 5.70. The third-order valence-electron chi connectivity index (χ3n) is 2.49. The molecule has 1 atom stereocenters. The van der Waals surface area contributed by atoms with E-state index in [0.717, 1.165) is 11.2 Å². The molecule has 0 spiro atoms. The largest absolute Gasteiger partial charge is 0.325 e. The number of nitrogens with one attached hydrogen (secondary N) is 1. The molecule has 0 aliphatic rings. The van der Waals surface area contributed by atoms with Gasteiger partial charge in [-0.05, 0) is 36.9 Å². The molecule has 0 aliphatic carbocycles. The van der Waals surface area contributed by atoms with Gasteiger partial charge in [-0.15, -0.1) is 11.8 Å². The molecule has 1 aromatic rings. The van der Waals surface area contributed by atoms with Gasteiger partial charge in [0.1, 0.15) is 9.84 Å². The summed E-state index contributed by atoms with van der Waals surface area (Å²) in [4.78, 5) is 12.8. The summed E-state index contributed by atoms with van der Waals surface area (Å²) in [5.74, 6) is -0.465. The van der Waals surface area contributed by atoms with Gasteiger partial charge in [0, 0.05) is 16.8 Å². The zero-order chi connectivity index (χ0) is 14.5. The van der Waals surface area contributed by atoms with E-state index in [1.54, 1.807) is 23.9 Å². The van der Waals surface area contributed by atoms with Gasteiger partial charge in [0.05, 0.1) is 11.8 Å². The molecule has 0 aromatic heterocycles. The van der Waals surface area contributed by atoms with E-state index < -0.39 is 15.9 Å². The summed E-state index contributed by atoms with van der Waals surface area (Å²) in [6.07, 6.45) is 3.21. The smallest absolute Gasteiger partial charge is 0.241 e. The third kappa shape index (κ3) is 6.09. The lowest BCUT2D eigenvalue weighted by atomic mass is 10.2. The summed E-state index contributed by atoms with van der Waals surface area (Å²) in [6, 6.07) is 6.53. The Hall–Kier alpha value is -1.05. The van der Waals surface area contributed by atoms with Crippen LogP contribution in [0.5, 0.6) is 0 Å². The second kappa shape index (κ2) is 6.93. The van der Waals surface area contributed by atoms with E-state index in [9.17, 15) is 13.2 Å². The van der Waals surface area contributed by atoms with Crippen molar-refractivity contribution < 1.29 is 13.2 Å². The minimum absolute atomic E-state index is 0.0903. The molecule has 0 fully saturated rings. The van der Waals surface area contributed by atoms with Crippen molar-refractivity contribution in [2.24, 2.45) is 5.73 Å². The third-order valence-corrected chi connectivity index (χ3v) is 4.21. The summed E-state index contributed by atoms with van der Waals surface area (Å²) in [5.41, 5.74) is 6.30. The van der Waals surface area contributed by atoms with E-state index in [2.05, 4.69) is 5.32 Å². The van der Waals surface area contributed by atoms with Crippen LogP contribution in [0.3, 0.4) is 0 Å². The van der Waals surface area contributed by atoms with Crippen LogP contribution in [0.25, 0.3) is 0 Å². The van der Waals surface area contributed by atoms with Gasteiger partial charge in [0.15, 0.2) is 0 Å². The summed E-state index contributed by atoms with van der Waals surface area (Å²) >= 11 is 1.61. The van der Waals surface area contributed by atoms with Gasteiger partial charge in [-0.1, -0.05) is 0 Å². The Bertz CT molecular complexity index is 526. The number of amides is 1. The van der Waals surface area contributed by atoms with Crippen LogP contribution in [0.15, 0.2) is 29.2 Å². The maximum absolute atomic E-state index is 11.7. The van der Waals surface area contributed by atoms with Crippen molar-refractivity contribution in [2.75, 3.05) is 23.6 Å². The minimum atomic E-state index is -3.10. The molecule has 0 bridgehead atoms. The van der Waals surface area contributed by atoms with Gasteiger partial charge in [-0.3, -0.25) is 4.79 Å². The van der Waals surface area contributed by atoms with E-state index in [1.807, 2.05) is 18.4 Å². The molecule has 5 nitrogen and oxygen atoms in total. The lowest BCUT2D eigenvalue weighted by Crippen LogP contribution is -2.37. The zero-order valence-corrected chi connectivity index (χ0v) is 12.6. The number of rotatable bonds is 6. The number of hydrogen-bond donors (Lipinski definition) is 2. The molecule has 106 valence electrons. The zero-order valence-electron chi connectivity index (χ0n) is 10.9. The van der Waals surface area contributed by atoms with E-state index in [1.165, 1.54) is 0 Å². The highest BCUT2D eigenvalue weighted by Crippen LogP contribution is 2.17. The van der Waals surface area contributed by atoms with Crippen LogP contribution in [0, 0.1) is 0 Å². The highest BCUT2D eigenvalue weighted by Gasteiger charge is 2.15. The monoisotopic (exact) mass is 302 g/mol. The van der Waals surface area contributed by atoms with Crippen molar-refractivity contribution in [2.45, 2.75) is 17.4 Å². The molecular formula is C12H18N2O3S2. The number of thioether (sulfide) groups is 1. The number of anilines is 1. The quantitative estimate of drug-likeness (QED) is 0.768. The lowest BCUT2D eigenvalue weighted by Gasteiger charge is -2.11. The number of sulfone groups is 1. The standard InChI is InChI=1S/C12H18N2O3S2/c1-18-10-5-3-9(4-6-10)14-12(15)11(13)7-8-19(2,16)17/h3-6,11H,7-8,13H2,1-2H3,(H,14,15). The number of benzene rings is 1. The molecule has 0 saturated heterocycles. The summed E-state index contributed by atoms with van der Waals surface area (Å²) in [7, 11) is -3.10. The number of hydrogen-bond acceptors (Lipinski definition) is 5. The van der Waals surface area contributed by atoms with Crippen molar-refractivity contribution in [3.8, 4) is 0 Å². The van der Waals surface area contributed by atoms with Crippen LogP contribution in [0.2, 0.25) is 0 Å². The molecule has 0 saturated carbocycles. The highest BCUT2D eigenvalue weighted by atomic mass is 32.2. The van der Waals surface area contributed by atoms with Crippen LogP contribution < -0.4 is 11.1 Å². The van der Waals surface area contributed by atoms with Crippen molar-refractivity contribution in [1.29, 1.82) is 0 Å². The van der Waals surface area contributed by atoms with Gasteiger partial charge < -0.3 is 11.1 Å². The molecule has 1 aromatic carbocycles. The maximum atomic E-state index is 11.7. The molecule has 0 heterocycles. The highest BCUT2D eigenvalue weighted by molar-refractivity contribution is 7.98. The molecule has 0 radical (unpaired) electrons. The van der Waals surface area contributed by atoms with Gasteiger partial charge in [0.2, 0.25) is 5.91 Å². The van der Waals surface area contributed by atoms with Crippen molar-refractivity contribution in [3.05, 3.63) is 24.3 Å². The summed E-state index contributed by atoms with van der Waals surface area (Å²) in [6.45, 7) is 0. The van der Waals surface area contributed by atoms with Gasteiger partial charge >= 0.3 is 0 Å². The van der Waals surface area contributed by atoms with Crippen LogP contribution >= 0.6 is 11.8 Å². The first-order valence-corrected chi connectivity index (χ1v) is 8.98. The Morgan fingerprint density at radius 3 is 2.42 bits per heavy atom. The van der Waals surface area contributed by atoms with Crippen LogP contribution in [-0.2, 0) is 14.6 Å². The second-order valence-electron chi connectivity index (χ2n) is 4.24. The molecule has 19 heavy (non-hydrogen) atoms. The van der Waals surface area contributed by atoms with E-state index >= 15 is 0 Å². The number of carbonyl (C=O) groups excluding carboxylic acids is 1. The maximum Gasteiger partial charge on any atom is 0.241 e. The molecule has 1 amide bonds. The number of carbonyl (C=O) groups is 1. The Kier molecular flexibility index (Phi) is 5.84. The first kappa shape index (κ1) is 16.0. The Morgan fingerprint density at radius 1 is 1.37 bits per heavy atom. The van der Waals surface area contributed by atoms with E-state index in [-0.39, 0.29) is 18.1 Å². The average Bonchev–Trinajstić information content (AvgIpc) is 2.36. The summed E-state index contributed by atoms with van der Waals surface area (Å²) < 4.78 is 22.0. The minimum Gasteiger partial charge on any atom is -0.325 e. The van der Waals surface area contributed by atoms with Gasteiger partial charge in [-0.2, -0.15) is 0 Å². The van der Waals surface area contributed by atoms with Crippen molar-refractivity contribution in [1.82, 2.24) is 0 Å². The van der Waals surface area contributed by atoms with E-state index in [0.29, 0.717) is 5.69 Å². The SMILES string of the molecule is CSc1ccc(NC(=O)C(N)CCS(C)(=O)=O)cc1. The van der Waals surface area contributed by atoms with Gasteiger partial charge in [0.25, 0.3) is 0 Å². The van der Waals surface area contributed by atoms with E-state index in [4.69, 9.17) is 5.73 Å². The number of nitrogens with two attached hydrogens (primary N) is 1. The van der Waals surface area contributed by atoms with Crippen LogP contribution in [0.1, 0.15) is 6.42 Å². The Balaban J connectivity index is 2.53. The first-order chi connectivity index (χ1) is 8.81. The average molecular weight is 302 g/mol. The van der Waals surface area contributed by atoms with Crippen LogP contribution in [-0.4, -0.2) is 38.6 Å². The van der Waals surface area contributed by atoms with Crippen molar-refractivity contribution in [3.63, 3.8) is 0 Å². The Labute approximate surface area is 117 Å². The predicted octanol–water partition coefficient (Wildman–Crippen LogP) is 1.11. The topological polar surface area (TPSA) is 89.3 Å². The normalized spacial score (nSPS) is 13.0. The lowest BCUT2D eigenvalue weighted by molar-refractivity contribution is -0.117. The molecule has 1 rings (SSSR count). The molecular weight excluding hydrogens is 284 g/mol. The van der Waals surface area contributed by atoms with Crippen molar-refractivity contribution >= 4 is 33.2 Å². The fraction of sp³-hybridized carbons (Fsp3) is 0.417. The van der Waals surface area contributed by atoms with Crippen LogP contribution in [0.4, 0.5) is 5.69 Å². The molecule has 0 aliphatic heterocycles. The fourth-order valence-electron chi connectivity index (χ4n) is 1.38. The second-order valence-corrected chi connectivity index (χ2v) is 7.38. The predicted molar refractivity (Wildman–Crippen MR) is 79.2 cm³/mol. The Morgan fingerprint density at radius 2 is 1.95 bits per heavy atom. The summed E-state index contributed by atoms with van der Waals surface area (Å²) in [5, 5.41) is 2.66. The molecule has 7 heteroatoms. The fourth-order valence-corrected chi connectivity index (χ4v) is 2.47. The molecule has 1 unspecified atom stereocenters.